The molecule has 1 aromatic carbocycles. The van der Waals surface area contributed by atoms with Crippen molar-refractivity contribution in [1.82, 2.24) is 10.1 Å². The molecule has 1 heterocycles. The van der Waals surface area contributed by atoms with Crippen molar-refractivity contribution in [1.29, 1.82) is 0 Å². The van der Waals surface area contributed by atoms with Crippen molar-refractivity contribution in [2.24, 2.45) is 0 Å². The molecule has 0 bridgehead atoms. The van der Waals surface area contributed by atoms with Gasteiger partial charge in [-0.25, -0.2) is 0 Å². The molecular formula is C17H22N2O2. The van der Waals surface area contributed by atoms with Gasteiger partial charge in [-0.05, 0) is 25.3 Å². The van der Waals surface area contributed by atoms with Crippen LogP contribution in [0.2, 0.25) is 0 Å². The van der Waals surface area contributed by atoms with Crippen molar-refractivity contribution in [3.63, 3.8) is 0 Å². The van der Waals surface area contributed by atoms with Gasteiger partial charge < -0.3 is 9.32 Å². The second kappa shape index (κ2) is 6.66. The zero-order chi connectivity index (χ0) is 15.3. The first kappa shape index (κ1) is 15.4. The fourth-order valence-corrected chi connectivity index (χ4v) is 2.69. The third kappa shape index (κ3) is 3.20. The largest absolute Gasteiger partial charge is 0.339 e. The van der Waals surface area contributed by atoms with Crippen molar-refractivity contribution < 1.29 is 9.32 Å². The lowest BCUT2D eigenvalue weighted by Crippen LogP contribution is -2.27. The molecule has 112 valence electrons. The molecule has 1 aromatic heterocycles. The Kier molecular flexibility index (Phi) is 4.89. The number of hydrogen-bond donors (Lipinski definition) is 0. The lowest BCUT2D eigenvalue weighted by atomic mass is 9.75. The molecule has 2 aromatic rings. The molecule has 0 atom stereocenters. The summed E-state index contributed by atoms with van der Waals surface area (Å²) in [5.41, 5.74) is 0.980. The van der Waals surface area contributed by atoms with Crippen LogP contribution in [0.3, 0.4) is 0 Å². The smallest absolute Gasteiger partial charge is 0.227 e. The Bertz CT molecular complexity index is 586. The van der Waals surface area contributed by atoms with Crippen LogP contribution in [0, 0.1) is 0 Å². The minimum atomic E-state index is -0.223. The van der Waals surface area contributed by atoms with Gasteiger partial charge in [-0.3, -0.25) is 0 Å². The maximum absolute atomic E-state index is 11.1. The third-order valence-electron chi connectivity index (χ3n) is 4.12. The Hall–Kier alpha value is -1.97. The number of aromatic nitrogens is 2. The SMILES string of the molecule is CCC(CC)(c1ccccc1)c1noc(CCC(C)=O)n1. The highest BCUT2D eigenvalue weighted by Crippen LogP contribution is 2.36. The van der Waals surface area contributed by atoms with E-state index in [-0.39, 0.29) is 11.2 Å². The van der Waals surface area contributed by atoms with Crippen molar-refractivity contribution in [3.05, 3.63) is 47.6 Å². The molecule has 0 amide bonds. The fourth-order valence-electron chi connectivity index (χ4n) is 2.69. The molecule has 21 heavy (non-hydrogen) atoms. The van der Waals surface area contributed by atoms with E-state index in [2.05, 4.69) is 36.1 Å². The van der Waals surface area contributed by atoms with Crippen LogP contribution in [0.25, 0.3) is 0 Å². The van der Waals surface area contributed by atoms with Gasteiger partial charge in [0.2, 0.25) is 5.89 Å². The summed E-state index contributed by atoms with van der Waals surface area (Å²) in [7, 11) is 0. The second-order valence-corrected chi connectivity index (χ2v) is 5.37. The van der Waals surface area contributed by atoms with Gasteiger partial charge in [0.1, 0.15) is 5.78 Å². The quantitative estimate of drug-likeness (QED) is 0.778. The van der Waals surface area contributed by atoms with Gasteiger partial charge in [-0.2, -0.15) is 4.98 Å². The van der Waals surface area contributed by atoms with Crippen LogP contribution in [0.1, 0.15) is 57.3 Å². The summed E-state index contributed by atoms with van der Waals surface area (Å²) >= 11 is 0. The first-order valence-electron chi connectivity index (χ1n) is 7.50. The maximum Gasteiger partial charge on any atom is 0.227 e. The number of carbonyl (C=O) groups is 1. The maximum atomic E-state index is 11.1. The van der Waals surface area contributed by atoms with Gasteiger partial charge in [0.25, 0.3) is 0 Å². The number of hydrogen-bond acceptors (Lipinski definition) is 4. The average Bonchev–Trinajstić information content (AvgIpc) is 2.98. The van der Waals surface area contributed by atoms with Crippen molar-refractivity contribution in [3.8, 4) is 0 Å². The Morgan fingerprint density at radius 3 is 2.43 bits per heavy atom. The van der Waals surface area contributed by atoms with E-state index in [0.717, 1.165) is 18.7 Å². The number of benzene rings is 1. The van der Waals surface area contributed by atoms with E-state index in [1.54, 1.807) is 6.92 Å². The van der Waals surface area contributed by atoms with E-state index >= 15 is 0 Å². The number of aryl methyl sites for hydroxylation is 1. The van der Waals surface area contributed by atoms with Crippen LogP contribution >= 0.6 is 0 Å². The van der Waals surface area contributed by atoms with E-state index in [1.807, 2.05) is 18.2 Å². The topological polar surface area (TPSA) is 56.0 Å². The highest BCUT2D eigenvalue weighted by atomic mass is 16.5. The lowest BCUT2D eigenvalue weighted by Gasteiger charge is -2.28. The lowest BCUT2D eigenvalue weighted by molar-refractivity contribution is -0.117. The minimum absolute atomic E-state index is 0.134. The van der Waals surface area contributed by atoms with Crippen LogP contribution in [0.15, 0.2) is 34.9 Å². The predicted octanol–water partition coefficient (Wildman–Crippen LogP) is 3.70. The Labute approximate surface area is 125 Å². The van der Waals surface area contributed by atoms with Gasteiger partial charge in [-0.15, -0.1) is 0 Å². The van der Waals surface area contributed by atoms with Crippen LogP contribution in [0.5, 0.6) is 0 Å². The number of carbonyl (C=O) groups excluding carboxylic acids is 1. The van der Waals surface area contributed by atoms with Gasteiger partial charge in [0, 0.05) is 12.8 Å². The van der Waals surface area contributed by atoms with Gasteiger partial charge in [0.15, 0.2) is 5.82 Å². The number of nitrogens with zero attached hydrogens (tertiary/aromatic N) is 2. The summed E-state index contributed by atoms with van der Waals surface area (Å²) in [6.07, 6.45) is 2.76. The Morgan fingerprint density at radius 1 is 1.19 bits per heavy atom. The van der Waals surface area contributed by atoms with Crippen molar-refractivity contribution >= 4 is 5.78 Å². The highest BCUT2D eigenvalue weighted by Gasteiger charge is 2.35. The first-order valence-corrected chi connectivity index (χ1v) is 7.50. The van der Waals surface area contributed by atoms with Crippen molar-refractivity contribution in [2.45, 2.75) is 51.9 Å². The summed E-state index contributed by atoms with van der Waals surface area (Å²) in [5.74, 6) is 1.40. The molecule has 0 saturated carbocycles. The zero-order valence-electron chi connectivity index (χ0n) is 12.9. The van der Waals surface area contributed by atoms with E-state index in [4.69, 9.17) is 4.52 Å². The van der Waals surface area contributed by atoms with Gasteiger partial charge >= 0.3 is 0 Å². The molecule has 0 radical (unpaired) electrons. The number of Topliss-reactive ketones (excluding diaryl/α,β-unsaturated/α-hetero) is 1. The van der Waals surface area contributed by atoms with E-state index in [1.165, 1.54) is 5.56 Å². The number of rotatable bonds is 7. The van der Waals surface area contributed by atoms with Gasteiger partial charge in [-0.1, -0.05) is 49.3 Å². The molecule has 4 heteroatoms. The van der Waals surface area contributed by atoms with E-state index < -0.39 is 0 Å². The van der Waals surface area contributed by atoms with E-state index in [9.17, 15) is 4.79 Å². The minimum Gasteiger partial charge on any atom is -0.339 e. The van der Waals surface area contributed by atoms with E-state index in [0.29, 0.717) is 18.7 Å². The van der Waals surface area contributed by atoms with Crippen LogP contribution in [0.4, 0.5) is 0 Å². The second-order valence-electron chi connectivity index (χ2n) is 5.37. The molecule has 0 fully saturated rings. The zero-order valence-corrected chi connectivity index (χ0v) is 12.9. The van der Waals surface area contributed by atoms with Crippen molar-refractivity contribution in [2.75, 3.05) is 0 Å². The molecule has 4 nitrogen and oxygen atoms in total. The number of ketones is 1. The predicted molar refractivity (Wildman–Crippen MR) is 81.1 cm³/mol. The molecule has 0 aliphatic heterocycles. The molecule has 0 aliphatic rings. The molecular weight excluding hydrogens is 264 g/mol. The normalized spacial score (nSPS) is 11.6. The third-order valence-corrected chi connectivity index (χ3v) is 4.12. The molecule has 0 saturated heterocycles. The van der Waals surface area contributed by atoms with Crippen LogP contribution < -0.4 is 0 Å². The summed E-state index contributed by atoms with van der Waals surface area (Å²) in [6.45, 7) is 5.85. The molecule has 0 spiro atoms. The summed E-state index contributed by atoms with van der Waals surface area (Å²) in [5, 5.41) is 4.19. The molecule has 0 N–H and O–H groups in total. The molecule has 2 rings (SSSR count). The summed E-state index contributed by atoms with van der Waals surface area (Å²) in [6, 6.07) is 10.3. The Morgan fingerprint density at radius 2 is 1.86 bits per heavy atom. The summed E-state index contributed by atoms with van der Waals surface area (Å²) < 4.78 is 5.33. The first-order chi connectivity index (χ1) is 10.1. The highest BCUT2D eigenvalue weighted by molar-refractivity contribution is 5.75. The van der Waals surface area contributed by atoms with Gasteiger partial charge in [0.05, 0.1) is 5.41 Å². The molecule has 0 unspecified atom stereocenters. The Balaban J connectivity index is 2.33. The average molecular weight is 286 g/mol. The standard InChI is InChI=1S/C17H22N2O2/c1-4-17(5-2,14-9-7-6-8-10-14)16-18-15(21-19-16)12-11-13(3)20/h6-10H,4-5,11-12H2,1-3H3. The van der Waals surface area contributed by atoms with Crippen LogP contribution in [-0.2, 0) is 16.6 Å². The van der Waals surface area contributed by atoms with Crippen LogP contribution in [-0.4, -0.2) is 15.9 Å². The fraction of sp³-hybridized carbons (Fsp3) is 0.471. The summed E-state index contributed by atoms with van der Waals surface area (Å²) in [4.78, 5) is 15.6. The monoisotopic (exact) mass is 286 g/mol. The molecule has 0 aliphatic carbocycles.